The molecule has 6 heteroatoms. The van der Waals surface area contributed by atoms with E-state index in [1.807, 2.05) is 13.8 Å². The third kappa shape index (κ3) is 5.78. The number of amides is 1. The molecule has 0 fully saturated rings. The second kappa shape index (κ2) is 8.38. The van der Waals surface area contributed by atoms with Gasteiger partial charge in [0.05, 0.1) is 6.54 Å². The van der Waals surface area contributed by atoms with Gasteiger partial charge in [-0.2, -0.15) is 0 Å². The smallest absolute Gasteiger partial charge is 0.251 e. The summed E-state index contributed by atoms with van der Waals surface area (Å²) >= 11 is 11.7. The molecule has 1 rings (SSSR count). The van der Waals surface area contributed by atoms with Crippen LogP contribution in [0.1, 0.15) is 24.2 Å². The van der Waals surface area contributed by atoms with Gasteiger partial charge in [0.2, 0.25) is 0 Å². The Morgan fingerprint density at radius 1 is 1.16 bits per heavy atom. The maximum absolute atomic E-state index is 11.9. The lowest BCUT2D eigenvalue weighted by atomic mass is 10.2. The molecule has 0 aliphatic rings. The van der Waals surface area contributed by atoms with Crippen LogP contribution in [0.5, 0.6) is 0 Å². The molecule has 0 saturated carbocycles. The lowest BCUT2D eigenvalue weighted by molar-refractivity contribution is -0.131. The van der Waals surface area contributed by atoms with Crippen LogP contribution < -0.4 is 5.32 Å². The molecule has 0 aromatic heterocycles. The van der Waals surface area contributed by atoms with Crippen molar-refractivity contribution in [3.8, 4) is 0 Å². The summed E-state index contributed by atoms with van der Waals surface area (Å²) in [4.78, 5) is 11.9. The second-order valence-corrected chi connectivity index (χ2v) is 4.58. The highest BCUT2D eigenvalue weighted by atomic mass is 35.5. The van der Waals surface area contributed by atoms with E-state index in [1.54, 1.807) is 18.2 Å². The molecule has 1 N–H and O–H groups in total. The summed E-state index contributed by atoms with van der Waals surface area (Å²) in [6, 6.07) is 4.68. The number of halogens is 2. The molecule has 0 saturated heterocycles. The van der Waals surface area contributed by atoms with E-state index in [0.29, 0.717) is 28.8 Å². The van der Waals surface area contributed by atoms with Crippen molar-refractivity contribution in [3.63, 3.8) is 0 Å². The average Bonchev–Trinajstić information content (AvgIpc) is 2.35. The summed E-state index contributed by atoms with van der Waals surface area (Å²) < 4.78 is 10.7. The highest BCUT2D eigenvalue weighted by Gasteiger charge is 2.12. The Kier molecular flexibility index (Phi) is 7.16. The van der Waals surface area contributed by atoms with Crippen molar-refractivity contribution < 1.29 is 14.3 Å². The summed E-state index contributed by atoms with van der Waals surface area (Å²) in [6.07, 6.45) is -0.450. The molecule has 0 unspecified atom stereocenters. The Morgan fingerprint density at radius 3 is 2.16 bits per heavy atom. The van der Waals surface area contributed by atoms with Gasteiger partial charge in [-0.15, -0.1) is 0 Å². The predicted octanol–water partition coefficient (Wildman–Crippen LogP) is 3.12. The Hall–Kier alpha value is -0.810. The number of hydrogen-bond donors (Lipinski definition) is 1. The average molecular weight is 306 g/mol. The molecule has 0 aliphatic carbocycles. The molecule has 4 nitrogen and oxygen atoms in total. The Labute approximate surface area is 123 Å². The minimum absolute atomic E-state index is 0.268. The first kappa shape index (κ1) is 16.2. The topological polar surface area (TPSA) is 47.6 Å². The molecule has 0 radical (unpaired) electrons. The number of carbonyl (C=O) groups excluding carboxylic acids is 1. The van der Waals surface area contributed by atoms with E-state index >= 15 is 0 Å². The van der Waals surface area contributed by atoms with Gasteiger partial charge in [-0.3, -0.25) is 4.79 Å². The minimum Gasteiger partial charge on any atom is -0.351 e. The largest absolute Gasteiger partial charge is 0.351 e. The first-order valence-corrected chi connectivity index (χ1v) is 6.79. The monoisotopic (exact) mass is 305 g/mol. The van der Waals surface area contributed by atoms with Gasteiger partial charge in [0.25, 0.3) is 5.91 Å². The second-order valence-electron chi connectivity index (χ2n) is 3.71. The lowest BCUT2D eigenvalue weighted by Gasteiger charge is -2.17. The van der Waals surface area contributed by atoms with Crippen molar-refractivity contribution in [1.29, 1.82) is 0 Å². The highest BCUT2D eigenvalue weighted by Crippen LogP contribution is 2.18. The molecule has 106 valence electrons. The Morgan fingerprint density at radius 2 is 1.68 bits per heavy atom. The minimum atomic E-state index is -0.450. The van der Waals surface area contributed by atoms with Crippen LogP contribution in [-0.4, -0.2) is 32.0 Å². The number of benzene rings is 1. The van der Waals surface area contributed by atoms with Crippen LogP contribution in [0.3, 0.4) is 0 Å². The van der Waals surface area contributed by atoms with Crippen molar-refractivity contribution in [2.24, 2.45) is 0 Å². The van der Waals surface area contributed by atoms with Crippen LogP contribution in [0.15, 0.2) is 18.2 Å². The molecule has 1 aromatic carbocycles. The molecular weight excluding hydrogens is 289 g/mol. The zero-order valence-electron chi connectivity index (χ0n) is 10.9. The van der Waals surface area contributed by atoms with Crippen LogP contribution in [-0.2, 0) is 9.47 Å². The summed E-state index contributed by atoms with van der Waals surface area (Å²) in [7, 11) is 0. The normalized spacial score (nSPS) is 10.8. The van der Waals surface area contributed by atoms with Crippen LogP contribution in [0.25, 0.3) is 0 Å². The quantitative estimate of drug-likeness (QED) is 0.787. The van der Waals surface area contributed by atoms with Gasteiger partial charge in [0, 0.05) is 28.8 Å². The van der Waals surface area contributed by atoms with Crippen molar-refractivity contribution in [3.05, 3.63) is 33.8 Å². The molecule has 1 aromatic rings. The first-order chi connectivity index (χ1) is 9.06. The number of nitrogens with one attached hydrogen (secondary N) is 1. The third-order valence-electron chi connectivity index (χ3n) is 2.26. The van der Waals surface area contributed by atoms with E-state index < -0.39 is 6.29 Å². The fourth-order valence-corrected chi connectivity index (χ4v) is 2.03. The molecule has 0 spiro atoms. The van der Waals surface area contributed by atoms with Gasteiger partial charge in [-0.05, 0) is 32.0 Å². The maximum atomic E-state index is 11.9. The number of rotatable bonds is 7. The van der Waals surface area contributed by atoms with Crippen LogP contribution in [0.2, 0.25) is 10.0 Å². The lowest BCUT2D eigenvalue weighted by Crippen LogP contribution is -2.35. The maximum Gasteiger partial charge on any atom is 0.251 e. The molecule has 1 amide bonds. The van der Waals surface area contributed by atoms with E-state index in [0.717, 1.165) is 0 Å². The summed E-state index contributed by atoms with van der Waals surface area (Å²) in [6.45, 7) is 5.03. The van der Waals surface area contributed by atoms with Crippen molar-refractivity contribution >= 4 is 29.1 Å². The molecule has 0 bridgehead atoms. The van der Waals surface area contributed by atoms with Crippen molar-refractivity contribution in [2.75, 3.05) is 19.8 Å². The van der Waals surface area contributed by atoms with E-state index in [2.05, 4.69) is 5.32 Å². The Balaban J connectivity index is 2.58. The van der Waals surface area contributed by atoms with Crippen molar-refractivity contribution in [1.82, 2.24) is 5.32 Å². The summed E-state index contributed by atoms with van der Waals surface area (Å²) in [5.74, 6) is -0.270. The van der Waals surface area contributed by atoms with Crippen LogP contribution >= 0.6 is 23.2 Å². The highest BCUT2D eigenvalue weighted by molar-refractivity contribution is 6.35. The van der Waals surface area contributed by atoms with Crippen molar-refractivity contribution in [2.45, 2.75) is 20.1 Å². The van der Waals surface area contributed by atoms with Gasteiger partial charge in [-0.1, -0.05) is 23.2 Å². The van der Waals surface area contributed by atoms with Gasteiger partial charge < -0.3 is 14.8 Å². The van der Waals surface area contributed by atoms with Gasteiger partial charge in [0.1, 0.15) is 0 Å². The molecule has 0 aliphatic heterocycles. The van der Waals surface area contributed by atoms with Crippen LogP contribution in [0, 0.1) is 0 Å². The number of carbonyl (C=O) groups is 1. The van der Waals surface area contributed by atoms with E-state index in [9.17, 15) is 4.79 Å². The molecular formula is C13H17Cl2NO3. The number of ether oxygens (including phenoxy) is 2. The standard InChI is InChI=1S/C13H17Cl2NO3/c1-3-18-12(19-4-2)8-16-13(17)9-5-10(14)7-11(15)6-9/h5-7,12H,3-4,8H2,1-2H3,(H,16,17). The molecule has 0 atom stereocenters. The fourth-order valence-electron chi connectivity index (χ4n) is 1.50. The van der Waals surface area contributed by atoms with Crippen LogP contribution in [0.4, 0.5) is 0 Å². The molecule has 0 heterocycles. The predicted molar refractivity (Wildman–Crippen MR) is 75.8 cm³/mol. The Bertz CT molecular complexity index is 400. The van der Waals surface area contributed by atoms with E-state index in [-0.39, 0.29) is 12.5 Å². The summed E-state index contributed by atoms with van der Waals surface area (Å²) in [5.41, 5.74) is 0.407. The number of hydrogen-bond acceptors (Lipinski definition) is 3. The first-order valence-electron chi connectivity index (χ1n) is 6.04. The third-order valence-corrected chi connectivity index (χ3v) is 2.70. The van der Waals surface area contributed by atoms with Gasteiger partial charge in [0.15, 0.2) is 6.29 Å². The van der Waals surface area contributed by atoms with Gasteiger partial charge in [-0.25, -0.2) is 0 Å². The molecule has 19 heavy (non-hydrogen) atoms. The van der Waals surface area contributed by atoms with E-state index in [4.69, 9.17) is 32.7 Å². The van der Waals surface area contributed by atoms with Gasteiger partial charge >= 0.3 is 0 Å². The van der Waals surface area contributed by atoms with E-state index in [1.165, 1.54) is 0 Å². The SMILES string of the molecule is CCOC(CNC(=O)c1cc(Cl)cc(Cl)c1)OCC. The summed E-state index contributed by atoms with van der Waals surface area (Å²) in [5, 5.41) is 3.56. The zero-order chi connectivity index (χ0) is 14.3. The zero-order valence-corrected chi connectivity index (χ0v) is 12.4. The fraction of sp³-hybridized carbons (Fsp3) is 0.462.